The minimum absolute atomic E-state index is 0.0259. The van der Waals surface area contributed by atoms with Crippen molar-refractivity contribution in [3.63, 3.8) is 0 Å². The van der Waals surface area contributed by atoms with Crippen LogP contribution < -0.4 is 4.18 Å². The quantitative estimate of drug-likeness (QED) is 0.349. The molecule has 0 aromatic heterocycles. The van der Waals surface area contributed by atoms with Gasteiger partial charge in [0.1, 0.15) is 5.82 Å². The van der Waals surface area contributed by atoms with Crippen LogP contribution in [0.1, 0.15) is 0 Å². The van der Waals surface area contributed by atoms with E-state index in [9.17, 15) is 56.7 Å². The molecule has 0 heterocycles. The van der Waals surface area contributed by atoms with Crippen molar-refractivity contribution >= 4 is 21.9 Å². The molecule has 0 radical (unpaired) electrons. The lowest BCUT2D eigenvalue weighted by molar-refractivity contribution is -0.382. The van der Waals surface area contributed by atoms with Crippen molar-refractivity contribution in [3.05, 3.63) is 23.8 Å². The molecule has 0 bridgehead atoms. The zero-order valence-corrected chi connectivity index (χ0v) is 14.0. The van der Waals surface area contributed by atoms with Gasteiger partial charge < -0.3 is 4.18 Å². The molecule has 0 amide bonds. The highest BCUT2D eigenvalue weighted by molar-refractivity contribution is 7.98. The van der Waals surface area contributed by atoms with Crippen LogP contribution in [0.3, 0.4) is 0 Å². The van der Waals surface area contributed by atoms with Gasteiger partial charge in [0.15, 0.2) is 11.6 Å². The predicted molar refractivity (Wildman–Crippen MR) is 68.6 cm³/mol. The Balaban J connectivity index is 3.47. The fourth-order valence-corrected chi connectivity index (χ4v) is 2.91. The maximum atomic E-state index is 13.8. The van der Waals surface area contributed by atoms with Crippen LogP contribution in [0.25, 0.3) is 0 Å². The van der Waals surface area contributed by atoms with Gasteiger partial charge in [-0.25, -0.2) is 8.78 Å². The molecule has 0 saturated carbocycles. The van der Waals surface area contributed by atoms with E-state index in [0.717, 1.165) is 6.26 Å². The first-order valence-electron chi connectivity index (χ1n) is 6.01. The van der Waals surface area contributed by atoms with Gasteiger partial charge in [-0.2, -0.15) is 47.9 Å². The summed E-state index contributed by atoms with van der Waals surface area (Å²) < 4.78 is 167. The number of thioether (sulfide) groups is 1. The maximum absolute atomic E-state index is 13.8. The lowest BCUT2D eigenvalue weighted by Crippen LogP contribution is -2.63. The summed E-state index contributed by atoms with van der Waals surface area (Å²) in [5.74, 6) is -20.2. The van der Waals surface area contributed by atoms with Gasteiger partial charge in [0, 0.05) is 0 Å². The van der Waals surface area contributed by atoms with Crippen LogP contribution in [-0.2, 0) is 10.1 Å². The predicted octanol–water partition coefficient (Wildman–Crippen LogP) is 4.82. The summed E-state index contributed by atoms with van der Waals surface area (Å²) in [5.41, 5.74) is 0. The molecule has 3 nitrogen and oxygen atoms in total. The average Bonchev–Trinajstić information content (AvgIpc) is 2.49. The van der Waals surface area contributed by atoms with Crippen molar-refractivity contribution in [2.45, 2.75) is 28.2 Å². The Morgan fingerprint density at radius 3 is 1.78 bits per heavy atom. The number of hydrogen-bond donors (Lipinski definition) is 0. The Kier molecular flexibility index (Phi) is 5.99. The highest BCUT2D eigenvalue weighted by Gasteiger charge is 2.86. The summed E-state index contributed by atoms with van der Waals surface area (Å²) in [6.45, 7) is 0. The summed E-state index contributed by atoms with van der Waals surface area (Å²) in [7, 11) is -7.31. The van der Waals surface area contributed by atoms with E-state index in [0.29, 0.717) is 0 Å². The third-order valence-corrected chi connectivity index (χ3v) is 4.91. The van der Waals surface area contributed by atoms with Gasteiger partial charge in [-0.15, -0.1) is 11.8 Å². The fraction of sp³-hybridized carbons (Fsp3) is 0.455. The molecule has 0 unspecified atom stereocenters. The second-order valence-corrected chi connectivity index (χ2v) is 7.00. The first kappa shape index (κ1) is 23.6. The Morgan fingerprint density at radius 2 is 1.37 bits per heavy atom. The lowest BCUT2D eigenvalue weighted by atomic mass is 10.1. The van der Waals surface area contributed by atoms with Crippen LogP contribution in [-0.4, -0.2) is 37.9 Å². The normalized spacial score (nSPS) is 14.4. The van der Waals surface area contributed by atoms with Gasteiger partial charge in [-0.3, -0.25) is 0 Å². The number of rotatable bonds is 6. The van der Waals surface area contributed by atoms with Gasteiger partial charge in [0.2, 0.25) is 0 Å². The summed E-state index contributed by atoms with van der Waals surface area (Å²) in [6, 6.07) is 0.276. The molecular formula is C11H5F11O3S2. The molecule has 0 spiro atoms. The van der Waals surface area contributed by atoms with Crippen LogP contribution in [0.15, 0.2) is 17.0 Å². The van der Waals surface area contributed by atoms with Crippen molar-refractivity contribution in [3.8, 4) is 5.75 Å². The zero-order valence-electron chi connectivity index (χ0n) is 12.4. The molecule has 1 aromatic carbocycles. The molecule has 0 fully saturated rings. The van der Waals surface area contributed by atoms with Crippen LogP contribution in [0.5, 0.6) is 5.75 Å². The Hall–Kier alpha value is -1.45. The standard InChI is InChI=1S/C11H5F11O3S2/c1-26-7-4(12)2-3-5(6(7)13)25-27(23,24)11(21,22)9(16,17)8(14,15)10(18,19)20/h2-3H,1H3. The van der Waals surface area contributed by atoms with Crippen molar-refractivity contribution in [1.29, 1.82) is 0 Å². The summed E-state index contributed by atoms with van der Waals surface area (Å²) in [4.78, 5) is -1.03. The molecule has 0 aliphatic carbocycles. The van der Waals surface area contributed by atoms with Gasteiger partial charge in [0.25, 0.3) is 0 Å². The molecule has 0 atom stereocenters. The molecule has 16 heteroatoms. The highest BCUT2D eigenvalue weighted by atomic mass is 32.2. The number of benzene rings is 1. The summed E-state index contributed by atoms with van der Waals surface area (Å²) >= 11 is 0.254. The smallest absolute Gasteiger partial charge is 0.375 e. The number of halogens is 11. The van der Waals surface area contributed by atoms with E-state index in [1.165, 1.54) is 0 Å². The summed E-state index contributed by atoms with van der Waals surface area (Å²) in [5, 5.41) is -7.15. The van der Waals surface area contributed by atoms with Gasteiger partial charge >= 0.3 is 33.4 Å². The van der Waals surface area contributed by atoms with Gasteiger partial charge in [-0.05, 0) is 18.4 Å². The molecule has 0 saturated heterocycles. The van der Waals surface area contributed by atoms with E-state index in [1.807, 2.05) is 0 Å². The fourth-order valence-electron chi connectivity index (χ4n) is 1.45. The van der Waals surface area contributed by atoms with E-state index in [1.54, 1.807) is 0 Å². The summed E-state index contributed by atoms with van der Waals surface area (Å²) in [6.07, 6.45) is -6.24. The average molecular weight is 458 g/mol. The van der Waals surface area contributed by atoms with Gasteiger partial charge in [-0.1, -0.05) is 0 Å². The third kappa shape index (κ3) is 3.64. The highest BCUT2D eigenvalue weighted by Crippen LogP contribution is 2.55. The van der Waals surface area contributed by atoms with Gasteiger partial charge in [0.05, 0.1) is 4.90 Å². The molecule has 0 N–H and O–H groups in total. The molecule has 27 heavy (non-hydrogen) atoms. The van der Waals surface area contributed by atoms with Crippen LogP contribution in [0.4, 0.5) is 48.3 Å². The first-order valence-corrected chi connectivity index (χ1v) is 8.64. The monoisotopic (exact) mass is 458 g/mol. The number of alkyl halides is 9. The molecule has 1 aromatic rings. The molecule has 0 aliphatic rings. The zero-order chi connectivity index (χ0) is 21.6. The van der Waals surface area contributed by atoms with Crippen LogP contribution in [0, 0.1) is 11.6 Å². The van der Waals surface area contributed by atoms with Crippen LogP contribution >= 0.6 is 11.8 Å². The Labute approximate surface area is 147 Å². The SMILES string of the molecule is CSc1c(F)ccc(OS(=O)(=O)C(F)(F)C(F)(F)C(F)(F)C(F)(F)F)c1F. The van der Waals surface area contributed by atoms with E-state index >= 15 is 0 Å². The van der Waals surface area contributed by atoms with Crippen molar-refractivity contribution in [1.82, 2.24) is 0 Å². The van der Waals surface area contributed by atoms with E-state index in [-0.39, 0.29) is 23.9 Å². The Bertz CT molecular complexity index is 818. The number of hydrogen-bond acceptors (Lipinski definition) is 4. The molecule has 156 valence electrons. The van der Waals surface area contributed by atoms with E-state index in [2.05, 4.69) is 4.18 Å². The third-order valence-electron chi connectivity index (χ3n) is 2.85. The topological polar surface area (TPSA) is 43.4 Å². The van der Waals surface area contributed by atoms with Crippen molar-refractivity contribution in [2.24, 2.45) is 0 Å². The van der Waals surface area contributed by atoms with E-state index in [4.69, 9.17) is 0 Å². The second-order valence-electron chi connectivity index (χ2n) is 4.59. The van der Waals surface area contributed by atoms with Crippen molar-refractivity contribution in [2.75, 3.05) is 6.26 Å². The Morgan fingerprint density at radius 1 is 0.889 bits per heavy atom. The van der Waals surface area contributed by atoms with Crippen molar-refractivity contribution < 1.29 is 60.9 Å². The minimum atomic E-state index is -7.53. The lowest BCUT2D eigenvalue weighted by Gasteiger charge is -2.32. The second kappa shape index (κ2) is 6.86. The minimum Gasteiger partial charge on any atom is -0.375 e. The molecule has 1 rings (SSSR count). The molecule has 0 aliphatic heterocycles. The maximum Gasteiger partial charge on any atom is 0.460 e. The molecular weight excluding hydrogens is 453 g/mol. The van der Waals surface area contributed by atoms with E-state index < -0.39 is 55.7 Å². The first-order chi connectivity index (χ1) is 11.8. The van der Waals surface area contributed by atoms with Crippen LogP contribution in [0.2, 0.25) is 0 Å². The largest absolute Gasteiger partial charge is 0.460 e.